The van der Waals surface area contributed by atoms with Gasteiger partial charge in [0.25, 0.3) is 0 Å². The summed E-state index contributed by atoms with van der Waals surface area (Å²) in [7, 11) is 2.46. The fourth-order valence-electron chi connectivity index (χ4n) is 1.20. The third-order valence-electron chi connectivity index (χ3n) is 1.98. The van der Waals surface area contributed by atoms with Gasteiger partial charge in [0.2, 0.25) is 0 Å². The first kappa shape index (κ1) is 12.3. The van der Waals surface area contributed by atoms with Crippen molar-refractivity contribution in [3.8, 4) is 11.5 Å². The molecule has 0 saturated carbocycles. The third kappa shape index (κ3) is 1.94. The second-order valence-corrected chi connectivity index (χ2v) is 3.19. The lowest BCUT2D eigenvalue weighted by Gasteiger charge is -2.11. The van der Waals surface area contributed by atoms with Crippen molar-refractivity contribution in [2.24, 2.45) is 0 Å². The molecule has 86 valence electrons. The first-order chi connectivity index (χ1) is 7.56. The molecule has 0 unspecified atom stereocenters. The molecule has 0 aliphatic carbocycles. The molecule has 0 aliphatic rings. The number of methoxy groups -OCH3 is 2. The van der Waals surface area contributed by atoms with Crippen LogP contribution in [0.5, 0.6) is 11.5 Å². The first-order valence-corrected chi connectivity index (χ1v) is 4.57. The summed E-state index contributed by atoms with van der Waals surface area (Å²) in [4.78, 5) is 22.2. The number of hydrogen-bond acceptors (Lipinski definition) is 5. The predicted octanol–water partition coefficient (Wildman–Crippen LogP) is 1.65. The number of carbonyl (C=O) groups excluding carboxylic acids is 2. The molecule has 6 heteroatoms. The number of aldehydes is 1. The standard InChI is InChI=1S/C10H9ClO5/c1-15-7-3-6(13)5(4-12)8(9(7)11)10(14)16-2/h3-4,13H,1-2H3. The average Bonchev–Trinajstić information content (AvgIpc) is 2.29. The Kier molecular flexibility index (Phi) is 3.73. The highest BCUT2D eigenvalue weighted by atomic mass is 35.5. The van der Waals surface area contributed by atoms with Crippen LogP contribution in [-0.2, 0) is 4.74 Å². The molecule has 16 heavy (non-hydrogen) atoms. The van der Waals surface area contributed by atoms with Crippen LogP contribution in [0.3, 0.4) is 0 Å². The van der Waals surface area contributed by atoms with Crippen molar-refractivity contribution >= 4 is 23.9 Å². The number of phenolic OH excluding ortho intramolecular Hbond substituents is 1. The Bertz CT molecular complexity index is 441. The van der Waals surface area contributed by atoms with Gasteiger partial charge in [0, 0.05) is 6.07 Å². The van der Waals surface area contributed by atoms with E-state index < -0.39 is 11.7 Å². The van der Waals surface area contributed by atoms with Gasteiger partial charge in [-0.15, -0.1) is 0 Å². The Morgan fingerprint density at radius 2 is 2.12 bits per heavy atom. The zero-order chi connectivity index (χ0) is 12.3. The molecular weight excluding hydrogens is 236 g/mol. The molecule has 0 aromatic heterocycles. The van der Waals surface area contributed by atoms with Crippen molar-refractivity contribution in [3.05, 3.63) is 22.2 Å². The van der Waals surface area contributed by atoms with Gasteiger partial charge < -0.3 is 14.6 Å². The molecule has 0 heterocycles. The van der Waals surface area contributed by atoms with Crippen LogP contribution in [0.2, 0.25) is 5.02 Å². The molecule has 0 radical (unpaired) electrons. The van der Waals surface area contributed by atoms with Crippen molar-refractivity contribution in [1.82, 2.24) is 0 Å². The maximum Gasteiger partial charge on any atom is 0.340 e. The number of esters is 1. The van der Waals surface area contributed by atoms with Crippen LogP contribution < -0.4 is 4.74 Å². The van der Waals surface area contributed by atoms with Crippen LogP contribution in [0.4, 0.5) is 0 Å². The highest BCUT2D eigenvalue weighted by molar-refractivity contribution is 6.36. The van der Waals surface area contributed by atoms with E-state index >= 15 is 0 Å². The number of benzene rings is 1. The molecular formula is C10H9ClO5. The van der Waals surface area contributed by atoms with Crippen molar-refractivity contribution in [2.75, 3.05) is 14.2 Å². The normalized spacial score (nSPS) is 9.69. The van der Waals surface area contributed by atoms with Gasteiger partial charge in [0.15, 0.2) is 6.29 Å². The molecule has 0 aliphatic heterocycles. The number of carbonyl (C=O) groups is 2. The Balaban J connectivity index is 3.58. The molecule has 5 nitrogen and oxygen atoms in total. The zero-order valence-electron chi connectivity index (χ0n) is 8.61. The van der Waals surface area contributed by atoms with Crippen LogP contribution in [-0.4, -0.2) is 31.6 Å². The van der Waals surface area contributed by atoms with Crippen molar-refractivity contribution < 1.29 is 24.2 Å². The molecule has 1 aromatic carbocycles. The van der Waals surface area contributed by atoms with Crippen LogP contribution in [0.25, 0.3) is 0 Å². The Hall–Kier alpha value is -1.75. The molecule has 1 aromatic rings. The van der Waals surface area contributed by atoms with Gasteiger partial charge in [-0.25, -0.2) is 4.79 Å². The van der Waals surface area contributed by atoms with E-state index in [1.165, 1.54) is 7.11 Å². The lowest BCUT2D eigenvalue weighted by Crippen LogP contribution is -2.07. The topological polar surface area (TPSA) is 72.8 Å². The van der Waals surface area contributed by atoms with Gasteiger partial charge in [0.1, 0.15) is 11.5 Å². The number of ether oxygens (including phenoxy) is 2. The zero-order valence-corrected chi connectivity index (χ0v) is 9.37. The smallest absolute Gasteiger partial charge is 0.340 e. The summed E-state index contributed by atoms with van der Waals surface area (Å²) < 4.78 is 9.31. The summed E-state index contributed by atoms with van der Waals surface area (Å²) in [5.41, 5.74) is -0.436. The van der Waals surface area contributed by atoms with E-state index in [1.54, 1.807) is 0 Å². The second kappa shape index (κ2) is 4.85. The fourth-order valence-corrected chi connectivity index (χ4v) is 1.51. The van der Waals surface area contributed by atoms with Crippen LogP contribution >= 0.6 is 11.6 Å². The van der Waals surface area contributed by atoms with Crippen LogP contribution in [0.1, 0.15) is 20.7 Å². The average molecular weight is 245 g/mol. The number of aromatic hydroxyl groups is 1. The SMILES string of the molecule is COC(=O)c1c(Cl)c(OC)cc(O)c1C=O. The summed E-state index contributed by atoms with van der Waals surface area (Å²) in [5.74, 6) is -1.12. The van der Waals surface area contributed by atoms with Crippen molar-refractivity contribution in [3.63, 3.8) is 0 Å². The van der Waals surface area contributed by atoms with Gasteiger partial charge >= 0.3 is 5.97 Å². The Labute approximate surface area is 96.5 Å². The van der Waals surface area contributed by atoms with E-state index in [-0.39, 0.29) is 21.9 Å². The minimum atomic E-state index is -0.818. The summed E-state index contributed by atoms with van der Waals surface area (Å²) in [6.45, 7) is 0. The summed E-state index contributed by atoms with van der Waals surface area (Å²) in [6.07, 6.45) is 0.326. The van der Waals surface area contributed by atoms with E-state index in [4.69, 9.17) is 16.3 Å². The minimum Gasteiger partial charge on any atom is -0.507 e. The lowest BCUT2D eigenvalue weighted by atomic mass is 10.1. The number of phenols is 1. The van der Waals surface area contributed by atoms with Gasteiger partial charge in [-0.05, 0) is 0 Å². The molecule has 0 fully saturated rings. The molecule has 0 spiro atoms. The van der Waals surface area contributed by atoms with E-state index in [0.29, 0.717) is 6.29 Å². The highest BCUT2D eigenvalue weighted by Crippen LogP contribution is 2.36. The van der Waals surface area contributed by atoms with E-state index in [1.807, 2.05) is 0 Å². The van der Waals surface area contributed by atoms with E-state index in [9.17, 15) is 14.7 Å². The van der Waals surface area contributed by atoms with Gasteiger partial charge in [-0.3, -0.25) is 4.79 Å². The summed E-state index contributed by atoms with van der Waals surface area (Å²) in [5, 5.41) is 9.42. The summed E-state index contributed by atoms with van der Waals surface area (Å²) in [6, 6.07) is 1.15. The van der Waals surface area contributed by atoms with Crippen molar-refractivity contribution in [1.29, 1.82) is 0 Å². The number of hydrogen-bond donors (Lipinski definition) is 1. The Morgan fingerprint density at radius 3 is 2.56 bits per heavy atom. The first-order valence-electron chi connectivity index (χ1n) is 4.19. The van der Waals surface area contributed by atoms with Gasteiger partial charge in [-0.2, -0.15) is 0 Å². The van der Waals surface area contributed by atoms with Crippen molar-refractivity contribution in [2.45, 2.75) is 0 Å². The lowest BCUT2D eigenvalue weighted by molar-refractivity contribution is 0.0597. The van der Waals surface area contributed by atoms with E-state index in [0.717, 1.165) is 13.2 Å². The summed E-state index contributed by atoms with van der Waals surface area (Å²) >= 11 is 5.84. The predicted molar refractivity (Wildman–Crippen MR) is 56.4 cm³/mol. The molecule has 1 N–H and O–H groups in total. The fraction of sp³-hybridized carbons (Fsp3) is 0.200. The number of rotatable bonds is 3. The maximum absolute atomic E-state index is 11.4. The molecule has 0 bridgehead atoms. The quantitative estimate of drug-likeness (QED) is 0.647. The van der Waals surface area contributed by atoms with E-state index in [2.05, 4.69) is 4.74 Å². The Morgan fingerprint density at radius 1 is 1.50 bits per heavy atom. The minimum absolute atomic E-state index is 0.0748. The monoisotopic (exact) mass is 244 g/mol. The van der Waals surface area contributed by atoms with Crippen LogP contribution in [0.15, 0.2) is 6.07 Å². The van der Waals surface area contributed by atoms with Gasteiger partial charge in [0.05, 0.1) is 30.4 Å². The largest absolute Gasteiger partial charge is 0.507 e. The van der Waals surface area contributed by atoms with Gasteiger partial charge in [-0.1, -0.05) is 11.6 Å². The molecule has 0 saturated heterocycles. The second-order valence-electron chi connectivity index (χ2n) is 2.81. The molecule has 0 atom stereocenters. The molecule has 0 amide bonds. The maximum atomic E-state index is 11.4. The third-order valence-corrected chi connectivity index (χ3v) is 2.35. The van der Waals surface area contributed by atoms with Crippen LogP contribution in [0, 0.1) is 0 Å². The highest BCUT2D eigenvalue weighted by Gasteiger charge is 2.23. The molecule has 1 rings (SSSR count). The number of halogens is 1.